The number of ether oxygens (including phenoxy) is 2. The number of fused-ring (bicyclic) bond motifs is 3. The van der Waals surface area contributed by atoms with Crippen LogP contribution in [0, 0.1) is 13.8 Å². The van der Waals surface area contributed by atoms with Crippen LogP contribution in [-0.4, -0.2) is 45.2 Å². The molecular formula is C19H20N6O2S. The molecule has 0 fully saturated rings. The molecular weight excluding hydrogens is 376 g/mol. The molecule has 0 aliphatic heterocycles. The first-order valence-electron chi connectivity index (χ1n) is 8.84. The standard InChI is InChI=1S/C19H20N6O2S/c1-11-15-16-17(28-19(15)25-12(2)24-11)18(23-10-22-16)21-9-13-4-5-14(20-8-13)27-7-6-26-3/h4-5,8,10H,6-7,9H2,1-3H3,(H,21,22,23). The number of nitrogens with one attached hydrogen (secondary N) is 1. The van der Waals surface area contributed by atoms with Crippen molar-refractivity contribution in [2.75, 3.05) is 25.6 Å². The van der Waals surface area contributed by atoms with E-state index < -0.39 is 0 Å². The maximum atomic E-state index is 5.49. The molecule has 28 heavy (non-hydrogen) atoms. The number of hydrogen-bond donors (Lipinski definition) is 1. The SMILES string of the molecule is COCCOc1ccc(CNc2ncnc3c2sc2nc(C)nc(C)c23)cn1. The van der Waals surface area contributed by atoms with Gasteiger partial charge in [-0.1, -0.05) is 6.07 Å². The first-order valence-corrected chi connectivity index (χ1v) is 9.66. The molecule has 0 aromatic carbocycles. The van der Waals surface area contributed by atoms with E-state index in [1.165, 1.54) is 0 Å². The summed E-state index contributed by atoms with van der Waals surface area (Å²) >= 11 is 1.58. The van der Waals surface area contributed by atoms with Crippen LogP contribution in [0.3, 0.4) is 0 Å². The van der Waals surface area contributed by atoms with E-state index in [1.54, 1.807) is 31.0 Å². The Labute approximate surface area is 166 Å². The van der Waals surface area contributed by atoms with E-state index in [-0.39, 0.29) is 0 Å². The molecule has 1 N–H and O–H groups in total. The number of nitrogens with zero attached hydrogens (tertiary/aromatic N) is 5. The van der Waals surface area contributed by atoms with Crippen LogP contribution < -0.4 is 10.1 Å². The van der Waals surface area contributed by atoms with Crippen LogP contribution >= 0.6 is 11.3 Å². The molecule has 0 bridgehead atoms. The Morgan fingerprint density at radius 2 is 1.96 bits per heavy atom. The second-order valence-corrected chi connectivity index (χ2v) is 7.24. The summed E-state index contributed by atoms with van der Waals surface area (Å²) in [6.45, 7) is 5.49. The van der Waals surface area contributed by atoms with Crippen LogP contribution in [0.25, 0.3) is 20.4 Å². The molecule has 0 unspecified atom stereocenters. The zero-order chi connectivity index (χ0) is 19.5. The largest absolute Gasteiger partial charge is 0.475 e. The fraction of sp³-hybridized carbons (Fsp3) is 0.316. The highest BCUT2D eigenvalue weighted by molar-refractivity contribution is 7.26. The van der Waals surface area contributed by atoms with Gasteiger partial charge in [0.15, 0.2) is 0 Å². The van der Waals surface area contributed by atoms with E-state index >= 15 is 0 Å². The van der Waals surface area contributed by atoms with Gasteiger partial charge < -0.3 is 14.8 Å². The van der Waals surface area contributed by atoms with Crippen molar-refractivity contribution in [2.45, 2.75) is 20.4 Å². The number of hydrogen-bond acceptors (Lipinski definition) is 9. The van der Waals surface area contributed by atoms with Crippen molar-refractivity contribution >= 4 is 37.6 Å². The molecule has 4 heterocycles. The van der Waals surface area contributed by atoms with Gasteiger partial charge in [-0.3, -0.25) is 0 Å². The Morgan fingerprint density at radius 3 is 2.75 bits per heavy atom. The lowest BCUT2D eigenvalue weighted by Crippen LogP contribution is -2.06. The number of pyridine rings is 1. The third kappa shape index (κ3) is 3.71. The minimum atomic E-state index is 0.480. The van der Waals surface area contributed by atoms with Crippen LogP contribution in [-0.2, 0) is 11.3 Å². The Bertz CT molecular complexity index is 1110. The number of anilines is 1. The van der Waals surface area contributed by atoms with E-state index in [9.17, 15) is 0 Å². The van der Waals surface area contributed by atoms with Crippen molar-refractivity contribution < 1.29 is 9.47 Å². The molecule has 0 atom stereocenters. The van der Waals surface area contributed by atoms with Crippen LogP contribution in [0.4, 0.5) is 5.82 Å². The molecule has 8 nitrogen and oxygen atoms in total. The maximum absolute atomic E-state index is 5.49. The average Bonchev–Trinajstić information content (AvgIpc) is 3.06. The summed E-state index contributed by atoms with van der Waals surface area (Å²) in [7, 11) is 1.64. The molecule has 0 aliphatic carbocycles. The van der Waals surface area contributed by atoms with Gasteiger partial charge in [0.2, 0.25) is 5.88 Å². The summed E-state index contributed by atoms with van der Waals surface area (Å²) in [5, 5.41) is 4.38. The molecule has 4 aromatic heterocycles. The number of rotatable bonds is 7. The fourth-order valence-electron chi connectivity index (χ4n) is 2.92. The van der Waals surface area contributed by atoms with Gasteiger partial charge in [-0.15, -0.1) is 11.3 Å². The van der Waals surface area contributed by atoms with E-state index in [0.29, 0.717) is 25.6 Å². The van der Waals surface area contributed by atoms with Gasteiger partial charge in [-0.25, -0.2) is 24.9 Å². The van der Waals surface area contributed by atoms with Crippen LogP contribution in [0.1, 0.15) is 17.1 Å². The smallest absolute Gasteiger partial charge is 0.213 e. The number of methoxy groups -OCH3 is 1. The highest BCUT2D eigenvalue weighted by atomic mass is 32.1. The quantitative estimate of drug-likeness (QED) is 0.476. The Kier molecular flexibility index (Phi) is 5.27. The van der Waals surface area contributed by atoms with E-state index in [0.717, 1.165) is 43.3 Å². The van der Waals surface area contributed by atoms with Crippen molar-refractivity contribution in [3.8, 4) is 5.88 Å². The number of aromatic nitrogens is 5. The summed E-state index contributed by atoms with van der Waals surface area (Å²) < 4.78 is 11.4. The summed E-state index contributed by atoms with van der Waals surface area (Å²) in [5.74, 6) is 2.13. The summed E-state index contributed by atoms with van der Waals surface area (Å²) in [5.41, 5.74) is 2.85. The molecule has 0 amide bonds. The molecule has 0 aliphatic rings. The zero-order valence-electron chi connectivity index (χ0n) is 15.9. The molecule has 144 valence electrons. The van der Waals surface area contributed by atoms with E-state index in [4.69, 9.17) is 9.47 Å². The highest BCUT2D eigenvalue weighted by Crippen LogP contribution is 2.36. The first-order chi connectivity index (χ1) is 13.7. The molecule has 0 spiro atoms. The van der Waals surface area contributed by atoms with Crippen molar-refractivity contribution in [3.63, 3.8) is 0 Å². The summed E-state index contributed by atoms with van der Waals surface area (Å²) in [6.07, 6.45) is 3.36. The van der Waals surface area contributed by atoms with Crippen molar-refractivity contribution in [1.82, 2.24) is 24.9 Å². The van der Waals surface area contributed by atoms with Gasteiger partial charge in [0, 0.05) is 25.9 Å². The van der Waals surface area contributed by atoms with Crippen molar-refractivity contribution in [3.05, 3.63) is 41.7 Å². The maximum Gasteiger partial charge on any atom is 0.213 e. The number of thiophene rings is 1. The van der Waals surface area contributed by atoms with E-state index in [1.807, 2.05) is 26.0 Å². The third-order valence-electron chi connectivity index (χ3n) is 4.20. The Hall–Kier alpha value is -2.91. The second-order valence-electron chi connectivity index (χ2n) is 6.24. The molecule has 0 radical (unpaired) electrons. The van der Waals surface area contributed by atoms with Gasteiger partial charge >= 0.3 is 0 Å². The van der Waals surface area contributed by atoms with Crippen LogP contribution in [0.2, 0.25) is 0 Å². The van der Waals surface area contributed by atoms with E-state index in [2.05, 4.69) is 30.2 Å². The van der Waals surface area contributed by atoms with Gasteiger partial charge in [-0.2, -0.15) is 0 Å². The van der Waals surface area contributed by atoms with Gasteiger partial charge in [-0.05, 0) is 19.4 Å². The monoisotopic (exact) mass is 396 g/mol. The zero-order valence-corrected chi connectivity index (χ0v) is 16.7. The first kappa shape index (κ1) is 18.5. The molecule has 9 heteroatoms. The minimum absolute atomic E-state index is 0.480. The average molecular weight is 396 g/mol. The van der Waals surface area contributed by atoms with Gasteiger partial charge in [0.05, 0.1) is 27.9 Å². The molecule has 0 saturated heterocycles. The van der Waals surface area contributed by atoms with Crippen molar-refractivity contribution in [2.24, 2.45) is 0 Å². The topological polar surface area (TPSA) is 94.9 Å². The normalized spacial score (nSPS) is 11.2. The van der Waals surface area contributed by atoms with Crippen LogP contribution in [0.5, 0.6) is 5.88 Å². The minimum Gasteiger partial charge on any atom is -0.475 e. The highest BCUT2D eigenvalue weighted by Gasteiger charge is 2.15. The third-order valence-corrected chi connectivity index (χ3v) is 5.28. The summed E-state index contributed by atoms with van der Waals surface area (Å²) in [4.78, 5) is 23.2. The van der Waals surface area contributed by atoms with Crippen molar-refractivity contribution in [1.29, 1.82) is 0 Å². The Balaban J connectivity index is 1.54. The molecule has 4 rings (SSSR count). The predicted octanol–water partition coefficient (Wildman–Crippen LogP) is 3.28. The Morgan fingerprint density at radius 1 is 1.07 bits per heavy atom. The predicted molar refractivity (Wildman–Crippen MR) is 109 cm³/mol. The fourth-order valence-corrected chi connectivity index (χ4v) is 4.11. The summed E-state index contributed by atoms with van der Waals surface area (Å²) in [6, 6.07) is 3.83. The lowest BCUT2D eigenvalue weighted by atomic mass is 10.2. The molecule has 4 aromatic rings. The lowest BCUT2D eigenvalue weighted by molar-refractivity contribution is 0.143. The second kappa shape index (κ2) is 7.99. The molecule has 0 saturated carbocycles. The van der Waals surface area contributed by atoms with Gasteiger partial charge in [0.1, 0.15) is 29.4 Å². The van der Waals surface area contributed by atoms with Crippen LogP contribution in [0.15, 0.2) is 24.7 Å². The van der Waals surface area contributed by atoms with Gasteiger partial charge in [0.25, 0.3) is 0 Å². The lowest BCUT2D eigenvalue weighted by Gasteiger charge is -2.08. The number of aryl methyl sites for hydroxylation is 2.